The largest absolute Gasteiger partial charge is 0.375 e. The molecule has 0 unspecified atom stereocenters. The summed E-state index contributed by atoms with van der Waals surface area (Å²) in [7, 11) is 0. The number of nitrogens with zero attached hydrogens (tertiary/aromatic N) is 3. The summed E-state index contributed by atoms with van der Waals surface area (Å²) >= 11 is 0. The van der Waals surface area contributed by atoms with Gasteiger partial charge in [-0.15, -0.1) is 0 Å². The van der Waals surface area contributed by atoms with Crippen molar-refractivity contribution in [3.05, 3.63) is 52.8 Å². The van der Waals surface area contributed by atoms with Crippen LogP contribution in [-0.2, 0) is 22.5 Å². The Hall–Kier alpha value is -2.18. The summed E-state index contributed by atoms with van der Waals surface area (Å²) < 4.78 is 6.43. The van der Waals surface area contributed by atoms with Crippen molar-refractivity contribution in [3.8, 4) is 0 Å². The van der Waals surface area contributed by atoms with E-state index in [1.807, 2.05) is 18.7 Å². The smallest absolute Gasteiger partial charge is 0.222 e. The predicted octanol–water partition coefficient (Wildman–Crippen LogP) is 3.63. The van der Waals surface area contributed by atoms with E-state index in [0.29, 0.717) is 18.6 Å². The van der Waals surface area contributed by atoms with Gasteiger partial charge in [0.15, 0.2) is 0 Å². The molecule has 0 aliphatic carbocycles. The van der Waals surface area contributed by atoms with E-state index in [9.17, 15) is 4.79 Å². The molecule has 0 spiro atoms. The Labute approximate surface area is 186 Å². The van der Waals surface area contributed by atoms with Crippen LogP contribution in [0.2, 0.25) is 0 Å². The number of ether oxygens (including phenoxy) is 1. The molecule has 2 aliphatic heterocycles. The van der Waals surface area contributed by atoms with Crippen LogP contribution in [0, 0.1) is 13.8 Å². The second-order valence-corrected chi connectivity index (χ2v) is 9.09. The number of aromatic amines is 1. The van der Waals surface area contributed by atoms with Crippen LogP contribution < -0.4 is 0 Å². The molecule has 1 aromatic carbocycles. The van der Waals surface area contributed by atoms with Gasteiger partial charge in [0.2, 0.25) is 5.91 Å². The first-order valence-corrected chi connectivity index (χ1v) is 11.8. The topological polar surface area (TPSA) is 61.5 Å². The number of hydrogen-bond acceptors (Lipinski definition) is 4. The normalized spacial score (nSPS) is 19.1. The minimum absolute atomic E-state index is 0.257. The van der Waals surface area contributed by atoms with E-state index >= 15 is 0 Å². The van der Waals surface area contributed by atoms with Gasteiger partial charge >= 0.3 is 0 Å². The number of likely N-dealkylation sites (tertiary alicyclic amines) is 2. The number of aryl methyl sites for hydroxylation is 2. The van der Waals surface area contributed by atoms with Crippen molar-refractivity contribution in [1.29, 1.82) is 0 Å². The minimum atomic E-state index is 0.257. The summed E-state index contributed by atoms with van der Waals surface area (Å²) in [6.07, 6.45) is 6.13. The van der Waals surface area contributed by atoms with E-state index in [0.717, 1.165) is 76.2 Å². The molecule has 3 heterocycles. The van der Waals surface area contributed by atoms with Crippen molar-refractivity contribution in [1.82, 2.24) is 20.0 Å². The number of carbonyl (C=O) groups is 1. The number of hydrogen-bond donors (Lipinski definition) is 1. The molecule has 1 aromatic heterocycles. The maximum atomic E-state index is 12.6. The SMILES string of the molecule is Cc1n[nH]c(C)c1CCC(=O)N1CCC(OC2CCN(Cc3ccccc3)CC2)CC1. The van der Waals surface area contributed by atoms with Gasteiger partial charge < -0.3 is 9.64 Å². The van der Waals surface area contributed by atoms with Gasteiger partial charge in [0.05, 0.1) is 17.9 Å². The van der Waals surface area contributed by atoms with Crippen LogP contribution in [0.15, 0.2) is 30.3 Å². The molecule has 6 heteroatoms. The van der Waals surface area contributed by atoms with E-state index in [1.165, 1.54) is 11.1 Å². The lowest BCUT2D eigenvalue weighted by atomic mass is 10.0. The zero-order valence-corrected chi connectivity index (χ0v) is 19.0. The lowest BCUT2D eigenvalue weighted by Crippen LogP contribution is -2.43. The van der Waals surface area contributed by atoms with E-state index in [-0.39, 0.29) is 5.91 Å². The van der Waals surface area contributed by atoms with Gasteiger partial charge in [-0.1, -0.05) is 30.3 Å². The summed E-state index contributed by atoms with van der Waals surface area (Å²) in [6.45, 7) is 8.89. The Balaban J connectivity index is 1.14. The molecule has 6 nitrogen and oxygen atoms in total. The standard InChI is InChI=1S/C25H36N4O2/c1-19-24(20(2)27-26-19)8-9-25(30)29-16-12-23(13-17-29)31-22-10-14-28(15-11-22)18-21-6-4-3-5-7-21/h3-7,22-23H,8-18H2,1-2H3,(H,26,27). The summed E-state index contributed by atoms with van der Waals surface area (Å²) in [4.78, 5) is 17.2. The van der Waals surface area contributed by atoms with Gasteiger partial charge in [0.1, 0.15) is 0 Å². The molecule has 1 N–H and O–H groups in total. The number of rotatable bonds is 7. The molecular weight excluding hydrogens is 388 g/mol. The molecule has 0 saturated carbocycles. The molecule has 31 heavy (non-hydrogen) atoms. The van der Waals surface area contributed by atoms with Crippen molar-refractivity contribution in [2.45, 2.75) is 71.1 Å². The van der Waals surface area contributed by atoms with Crippen molar-refractivity contribution in [2.75, 3.05) is 26.2 Å². The first kappa shape index (κ1) is 22.0. The third-order valence-electron chi connectivity index (χ3n) is 6.83. The Morgan fingerprint density at radius 2 is 1.68 bits per heavy atom. The van der Waals surface area contributed by atoms with Gasteiger partial charge in [-0.25, -0.2) is 0 Å². The van der Waals surface area contributed by atoms with E-state index in [4.69, 9.17) is 4.74 Å². The fraction of sp³-hybridized carbons (Fsp3) is 0.600. The molecule has 2 fully saturated rings. The molecular formula is C25H36N4O2. The highest BCUT2D eigenvalue weighted by atomic mass is 16.5. The Morgan fingerprint density at radius 3 is 2.29 bits per heavy atom. The second kappa shape index (κ2) is 10.4. The van der Waals surface area contributed by atoms with Crippen LogP contribution in [0.25, 0.3) is 0 Å². The Bertz CT molecular complexity index is 815. The van der Waals surface area contributed by atoms with Crippen molar-refractivity contribution < 1.29 is 9.53 Å². The highest BCUT2D eigenvalue weighted by Crippen LogP contribution is 2.23. The summed E-state index contributed by atoms with van der Waals surface area (Å²) in [6, 6.07) is 10.7. The Morgan fingerprint density at radius 1 is 1.03 bits per heavy atom. The third kappa shape index (κ3) is 5.95. The fourth-order valence-electron chi connectivity index (χ4n) is 4.89. The molecule has 2 aliphatic rings. The molecule has 0 bridgehead atoms. The lowest BCUT2D eigenvalue weighted by Gasteiger charge is -2.37. The lowest BCUT2D eigenvalue weighted by molar-refractivity contribution is -0.135. The average molecular weight is 425 g/mol. The van der Waals surface area contributed by atoms with Crippen LogP contribution in [0.5, 0.6) is 0 Å². The number of H-pyrrole nitrogens is 1. The van der Waals surface area contributed by atoms with Crippen molar-refractivity contribution in [2.24, 2.45) is 0 Å². The van der Waals surface area contributed by atoms with Crippen LogP contribution >= 0.6 is 0 Å². The zero-order chi connectivity index (χ0) is 21.6. The maximum absolute atomic E-state index is 12.6. The zero-order valence-electron chi connectivity index (χ0n) is 19.0. The number of benzene rings is 1. The number of amides is 1. The summed E-state index contributed by atoms with van der Waals surface area (Å²) in [5, 5.41) is 7.23. The summed E-state index contributed by atoms with van der Waals surface area (Å²) in [5.74, 6) is 0.257. The van der Waals surface area contributed by atoms with Crippen LogP contribution in [0.4, 0.5) is 0 Å². The summed E-state index contributed by atoms with van der Waals surface area (Å²) in [5.41, 5.74) is 4.65. The van der Waals surface area contributed by atoms with Gasteiger partial charge in [0, 0.05) is 44.8 Å². The van der Waals surface area contributed by atoms with E-state index in [1.54, 1.807) is 0 Å². The Kier molecular flexibility index (Phi) is 7.41. The average Bonchev–Trinajstić information content (AvgIpc) is 3.12. The monoisotopic (exact) mass is 424 g/mol. The van der Waals surface area contributed by atoms with Crippen molar-refractivity contribution in [3.63, 3.8) is 0 Å². The molecule has 168 valence electrons. The molecule has 0 radical (unpaired) electrons. The van der Waals surface area contributed by atoms with Gasteiger partial charge in [-0.2, -0.15) is 5.10 Å². The number of aromatic nitrogens is 2. The fourth-order valence-corrected chi connectivity index (χ4v) is 4.89. The molecule has 2 aromatic rings. The molecule has 1 amide bonds. The third-order valence-corrected chi connectivity index (χ3v) is 6.83. The maximum Gasteiger partial charge on any atom is 0.222 e. The van der Waals surface area contributed by atoms with E-state index in [2.05, 4.69) is 45.4 Å². The molecule has 4 rings (SSSR count). The molecule has 0 atom stereocenters. The minimum Gasteiger partial charge on any atom is -0.375 e. The van der Waals surface area contributed by atoms with Gasteiger partial charge in [0.25, 0.3) is 0 Å². The first-order valence-electron chi connectivity index (χ1n) is 11.8. The second-order valence-electron chi connectivity index (χ2n) is 9.09. The quantitative estimate of drug-likeness (QED) is 0.737. The van der Waals surface area contributed by atoms with Gasteiger partial charge in [-0.3, -0.25) is 14.8 Å². The number of nitrogens with one attached hydrogen (secondary N) is 1. The number of piperidine rings is 2. The number of carbonyl (C=O) groups excluding carboxylic acids is 1. The van der Waals surface area contributed by atoms with Crippen LogP contribution in [-0.4, -0.2) is 64.3 Å². The molecule has 2 saturated heterocycles. The van der Waals surface area contributed by atoms with E-state index < -0.39 is 0 Å². The highest BCUT2D eigenvalue weighted by molar-refractivity contribution is 5.76. The van der Waals surface area contributed by atoms with Gasteiger partial charge in [-0.05, 0) is 57.1 Å². The highest BCUT2D eigenvalue weighted by Gasteiger charge is 2.27. The first-order chi connectivity index (χ1) is 15.1. The van der Waals surface area contributed by atoms with Crippen molar-refractivity contribution >= 4 is 5.91 Å². The van der Waals surface area contributed by atoms with Crippen LogP contribution in [0.3, 0.4) is 0 Å². The predicted molar refractivity (Wildman–Crippen MR) is 122 cm³/mol. The van der Waals surface area contributed by atoms with Crippen LogP contribution in [0.1, 0.15) is 54.6 Å².